The number of hydrogen-bond donors (Lipinski definition) is 0. The van der Waals surface area contributed by atoms with Gasteiger partial charge >= 0.3 is 0 Å². The highest BCUT2D eigenvalue weighted by molar-refractivity contribution is 6.31. The van der Waals surface area contributed by atoms with Crippen molar-refractivity contribution in [1.29, 1.82) is 0 Å². The Morgan fingerprint density at radius 3 is 2.72 bits per heavy atom. The summed E-state index contributed by atoms with van der Waals surface area (Å²) in [7, 11) is 2.00. The summed E-state index contributed by atoms with van der Waals surface area (Å²) in [5.74, 6) is 1.32. The van der Waals surface area contributed by atoms with Gasteiger partial charge in [-0.2, -0.15) is 4.98 Å². The van der Waals surface area contributed by atoms with Crippen LogP contribution in [0.25, 0.3) is 27.8 Å². The van der Waals surface area contributed by atoms with Gasteiger partial charge in [0, 0.05) is 40.6 Å². The average Bonchev–Trinajstić information content (AvgIpc) is 3.22. The fraction of sp³-hybridized carbons (Fsp3) is 0.0909. The van der Waals surface area contributed by atoms with Crippen molar-refractivity contribution < 1.29 is 0 Å². The molecule has 3 heterocycles. The van der Waals surface area contributed by atoms with E-state index in [2.05, 4.69) is 44.3 Å². The molecule has 0 amide bonds. The highest BCUT2D eigenvalue weighted by atomic mass is 35.5. The number of pyridine rings is 1. The summed E-state index contributed by atoms with van der Waals surface area (Å²) in [5.41, 5.74) is 5.09. The molecule has 0 radical (unpaired) electrons. The molecule has 5 rings (SSSR count). The molecule has 142 valence electrons. The number of anilines is 2. The molecule has 6 nitrogen and oxygen atoms in total. The zero-order valence-electron chi connectivity index (χ0n) is 15.9. The molecule has 3 aromatic heterocycles. The number of fused-ring (bicyclic) bond motifs is 3. The Morgan fingerprint density at radius 2 is 1.90 bits per heavy atom. The Bertz CT molecular complexity index is 1340. The first kappa shape index (κ1) is 17.6. The highest BCUT2D eigenvalue weighted by Gasteiger charge is 2.15. The van der Waals surface area contributed by atoms with Crippen LogP contribution in [0.5, 0.6) is 0 Å². The van der Waals surface area contributed by atoms with Crippen LogP contribution in [0.4, 0.5) is 11.5 Å². The summed E-state index contributed by atoms with van der Waals surface area (Å²) in [6.07, 6.45) is 3.54. The average molecular weight is 401 g/mol. The topological polar surface area (TPSA) is 59.2 Å². The molecule has 0 saturated carbocycles. The Morgan fingerprint density at radius 1 is 1.00 bits per heavy atom. The summed E-state index contributed by atoms with van der Waals surface area (Å²) in [6, 6.07) is 18.2. The van der Waals surface area contributed by atoms with Crippen molar-refractivity contribution in [3.8, 4) is 11.1 Å². The Labute approximate surface area is 172 Å². The molecule has 0 unspecified atom stereocenters. The minimum Gasteiger partial charge on any atom is -0.329 e. The predicted octanol–water partition coefficient (Wildman–Crippen LogP) is 5.07. The van der Waals surface area contributed by atoms with Gasteiger partial charge in [-0.3, -0.25) is 9.38 Å². The molecule has 2 aromatic carbocycles. The van der Waals surface area contributed by atoms with Crippen LogP contribution in [0.1, 0.15) is 5.69 Å². The summed E-state index contributed by atoms with van der Waals surface area (Å²) in [6.45, 7) is 1.98. The van der Waals surface area contributed by atoms with Crippen molar-refractivity contribution in [1.82, 2.24) is 24.6 Å². The number of halogens is 1. The second-order valence-electron chi connectivity index (χ2n) is 6.90. The van der Waals surface area contributed by atoms with Crippen LogP contribution in [0, 0.1) is 6.92 Å². The molecule has 5 aromatic rings. The molecule has 0 bridgehead atoms. The summed E-state index contributed by atoms with van der Waals surface area (Å²) < 4.78 is 1.84. The summed E-state index contributed by atoms with van der Waals surface area (Å²) >= 11 is 6.24. The van der Waals surface area contributed by atoms with E-state index in [1.54, 1.807) is 6.33 Å². The van der Waals surface area contributed by atoms with Gasteiger partial charge in [-0.15, -0.1) is 10.2 Å². The lowest BCUT2D eigenvalue weighted by atomic mass is 10.1. The number of aryl methyl sites for hydroxylation is 1. The first-order valence-electron chi connectivity index (χ1n) is 9.16. The smallest absolute Gasteiger partial charge is 0.257 e. The number of nitrogens with zero attached hydrogens (tertiary/aromatic N) is 6. The van der Waals surface area contributed by atoms with Crippen molar-refractivity contribution >= 4 is 39.8 Å². The van der Waals surface area contributed by atoms with Crippen LogP contribution < -0.4 is 4.90 Å². The molecular weight excluding hydrogens is 384 g/mol. The van der Waals surface area contributed by atoms with Gasteiger partial charge in [-0.05, 0) is 48.9 Å². The first-order chi connectivity index (χ1) is 14.1. The molecule has 0 atom stereocenters. The zero-order valence-corrected chi connectivity index (χ0v) is 16.7. The monoisotopic (exact) mass is 400 g/mol. The molecule has 0 aliphatic rings. The van der Waals surface area contributed by atoms with E-state index >= 15 is 0 Å². The van der Waals surface area contributed by atoms with Gasteiger partial charge in [0.2, 0.25) is 0 Å². The van der Waals surface area contributed by atoms with Crippen molar-refractivity contribution in [2.24, 2.45) is 0 Å². The Hall–Kier alpha value is -3.51. The van der Waals surface area contributed by atoms with E-state index in [-0.39, 0.29) is 0 Å². The fourth-order valence-corrected chi connectivity index (χ4v) is 3.60. The van der Waals surface area contributed by atoms with Gasteiger partial charge in [-0.25, -0.2) is 0 Å². The number of aromatic nitrogens is 5. The minimum absolute atomic E-state index is 0.528. The Kier molecular flexibility index (Phi) is 4.14. The van der Waals surface area contributed by atoms with Gasteiger partial charge in [0.25, 0.3) is 5.78 Å². The van der Waals surface area contributed by atoms with Gasteiger partial charge in [0.05, 0.1) is 5.52 Å². The van der Waals surface area contributed by atoms with Crippen LogP contribution in [0.3, 0.4) is 0 Å². The van der Waals surface area contributed by atoms with E-state index in [0.29, 0.717) is 10.8 Å². The van der Waals surface area contributed by atoms with Gasteiger partial charge in [0.15, 0.2) is 0 Å². The molecular formula is C22H17ClN6. The maximum absolute atomic E-state index is 6.24. The summed E-state index contributed by atoms with van der Waals surface area (Å²) in [5, 5.41) is 9.75. The maximum atomic E-state index is 6.24. The van der Waals surface area contributed by atoms with E-state index < -0.39 is 0 Å². The van der Waals surface area contributed by atoms with Crippen molar-refractivity contribution in [2.45, 2.75) is 6.92 Å². The minimum atomic E-state index is 0.528. The van der Waals surface area contributed by atoms with E-state index in [4.69, 9.17) is 16.6 Å². The summed E-state index contributed by atoms with van der Waals surface area (Å²) in [4.78, 5) is 11.2. The van der Waals surface area contributed by atoms with Crippen molar-refractivity contribution in [3.63, 3.8) is 0 Å². The van der Waals surface area contributed by atoms with Crippen LogP contribution in [-0.2, 0) is 0 Å². The third-order valence-corrected chi connectivity index (χ3v) is 5.23. The number of hydrogen-bond acceptors (Lipinski definition) is 5. The molecule has 0 aliphatic heterocycles. The van der Waals surface area contributed by atoms with Gasteiger partial charge in [0.1, 0.15) is 12.1 Å². The molecule has 0 N–H and O–H groups in total. The maximum Gasteiger partial charge on any atom is 0.257 e. The molecule has 0 fully saturated rings. The first-order valence-corrected chi connectivity index (χ1v) is 9.54. The molecule has 29 heavy (non-hydrogen) atoms. The lowest BCUT2D eigenvalue weighted by Gasteiger charge is -2.21. The molecule has 0 aliphatic carbocycles. The van der Waals surface area contributed by atoms with E-state index in [1.165, 1.54) is 0 Å². The van der Waals surface area contributed by atoms with Crippen LogP contribution in [0.2, 0.25) is 5.02 Å². The van der Waals surface area contributed by atoms with Gasteiger partial charge in [-0.1, -0.05) is 29.8 Å². The van der Waals surface area contributed by atoms with Crippen molar-refractivity contribution in [3.05, 3.63) is 77.8 Å². The second kappa shape index (κ2) is 6.83. The SMILES string of the molecule is Cc1ccc(-c2cccc(N(C)c3nc4nncn4c4cc(Cl)ccc34)c2)cn1. The zero-order chi connectivity index (χ0) is 20.0. The van der Waals surface area contributed by atoms with E-state index in [9.17, 15) is 0 Å². The number of benzene rings is 2. The fourth-order valence-electron chi connectivity index (χ4n) is 3.43. The number of rotatable bonds is 3. The normalized spacial score (nSPS) is 11.3. The second-order valence-corrected chi connectivity index (χ2v) is 7.33. The van der Waals surface area contributed by atoms with Gasteiger partial charge < -0.3 is 4.90 Å². The predicted molar refractivity (Wildman–Crippen MR) is 116 cm³/mol. The lowest BCUT2D eigenvalue weighted by molar-refractivity contribution is 1.08. The molecule has 7 heteroatoms. The van der Waals surface area contributed by atoms with Crippen molar-refractivity contribution in [2.75, 3.05) is 11.9 Å². The largest absolute Gasteiger partial charge is 0.329 e. The van der Waals surface area contributed by atoms with Crippen LogP contribution in [-0.4, -0.2) is 31.6 Å². The highest BCUT2D eigenvalue weighted by Crippen LogP contribution is 2.33. The van der Waals surface area contributed by atoms with Crippen LogP contribution in [0.15, 0.2) is 67.1 Å². The van der Waals surface area contributed by atoms with Crippen LogP contribution >= 0.6 is 11.6 Å². The third-order valence-electron chi connectivity index (χ3n) is 4.99. The standard InChI is InChI=1S/C22H17ClN6/c1-14-6-7-16(12-24-14)15-4-3-5-18(10-15)28(2)21-19-9-8-17(23)11-20(19)29-13-25-27-22(29)26-21/h3-13H,1-2H3. The van der Waals surface area contributed by atoms with E-state index in [1.807, 2.05) is 54.9 Å². The molecule has 0 spiro atoms. The quantitative estimate of drug-likeness (QED) is 0.423. The third kappa shape index (κ3) is 3.07. The lowest BCUT2D eigenvalue weighted by Crippen LogP contribution is -2.13. The molecule has 0 saturated heterocycles. The van der Waals surface area contributed by atoms with E-state index in [0.717, 1.165) is 39.2 Å². The Balaban J connectivity index is 1.65.